The van der Waals surface area contributed by atoms with E-state index in [1.54, 1.807) is 37.3 Å². The van der Waals surface area contributed by atoms with E-state index in [0.29, 0.717) is 11.3 Å². The van der Waals surface area contributed by atoms with Gasteiger partial charge in [0.25, 0.3) is 5.91 Å². The Kier molecular flexibility index (Phi) is 5.83. The number of hydrogen-bond acceptors (Lipinski definition) is 8. The number of sulfone groups is 1. The van der Waals surface area contributed by atoms with Crippen LogP contribution in [0.5, 0.6) is 11.5 Å². The van der Waals surface area contributed by atoms with Gasteiger partial charge in [-0.2, -0.15) is 0 Å². The fourth-order valence-electron chi connectivity index (χ4n) is 2.59. The lowest BCUT2D eigenvalue weighted by Crippen LogP contribution is -2.13. The van der Waals surface area contributed by atoms with Crippen LogP contribution >= 0.6 is 0 Å². The highest BCUT2D eigenvalue weighted by Crippen LogP contribution is 2.31. The average Bonchev–Trinajstić information content (AvgIpc) is 3.21. The van der Waals surface area contributed by atoms with Crippen molar-refractivity contribution >= 4 is 21.8 Å². The van der Waals surface area contributed by atoms with Gasteiger partial charge in [-0.1, -0.05) is 18.1 Å². The van der Waals surface area contributed by atoms with Crippen molar-refractivity contribution in [2.24, 2.45) is 0 Å². The van der Waals surface area contributed by atoms with Gasteiger partial charge in [0.05, 0.1) is 30.4 Å². The van der Waals surface area contributed by atoms with E-state index in [2.05, 4.69) is 15.5 Å². The molecule has 0 fully saturated rings. The molecule has 0 spiro atoms. The van der Waals surface area contributed by atoms with Crippen molar-refractivity contribution in [1.29, 1.82) is 0 Å². The van der Waals surface area contributed by atoms with E-state index >= 15 is 0 Å². The van der Waals surface area contributed by atoms with E-state index in [-0.39, 0.29) is 33.9 Å². The number of hydrogen-bond donors (Lipinski definition) is 1. The highest BCUT2D eigenvalue weighted by molar-refractivity contribution is 7.91. The fourth-order valence-corrected chi connectivity index (χ4v) is 3.48. The van der Waals surface area contributed by atoms with Crippen LogP contribution in [0.1, 0.15) is 17.3 Å². The molecule has 0 unspecified atom stereocenters. The SMILES string of the molecule is CCS(=O)(=O)c1ccc(-c2nnc(NC(=O)c3cccc(OC)c3OC)o2)cc1. The van der Waals surface area contributed by atoms with Gasteiger partial charge in [-0.3, -0.25) is 10.1 Å². The monoisotopic (exact) mass is 417 g/mol. The number of benzene rings is 2. The molecule has 0 aliphatic carbocycles. The van der Waals surface area contributed by atoms with Gasteiger partial charge < -0.3 is 13.9 Å². The number of nitrogens with one attached hydrogen (secondary N) is 1. The Morgan fingerprint density at radius 2 is 1.79 bits per heavy atom. The molecule has 29 heavy (non-hydrogen) atoms. The zero-order valence-electron chi connectivity index (χ0n) is 16.0. The van der Waals surface area contributed by atoms with E-state index < -0.39 is 15.7 Å². The minimum atomic E-state index is -3.30. The molecule has 0 saturated carbocycles. The minimum Gasteiger partial charge on any atom is -0.493 e. The second-order valence-electron chi connectivity index (χ2n) is 5.84. The maximum Gasteiger partial charge on any atom is 0.322 e. The number of ether oxygens (including phenoxy) is 2. The lowest BCUT2D eigenvalue weighted by Gasteiger charge is -2.11. The first kappa shape index (κ1) is 20.3. The van der Waals surface area contributed by atoms with Crippen molar-refractivity contribution in [3.8, 4) is 23.0 Å². The van der Waals surface area contributed by atoms with Crippen LogP contribution in [-0.4, -0.2) is 44.5 Å². The zero-order chi connectivity index (χ0) is 21.0. The van der Waals surface area contributed by atoms with Gasteiger partial charge in [0.1, 0.15) is 0 Å². The topological polar surface area (TPSA) is 121 Å². The summed E-state index contributed by atoms with van der Waals surface area (Å²) < 4.78 is 39.7. The van der Waals surface area contributed by atoms with E-state index in [1.807, 2.05) is 0 Å². The summed E-state index contributed by atoms with van der Waals surface area (Å²) in [5, 5.41) is 10.2. The smallest absolute Gasteiger partial charge is 0.322 e. The normalized spacial score (nSPS) is 11.1. The lowest BCUT2D eigenvalue weighted by atomic mass is 10.1. The number of anilines is 1. The van der Waals surface area contributed by atoms with Gasteiger partial charge in [0, 0.05) is 5.56 Å². The minimum absolute atomic E-state index is 0.0107. The molecule has 9 nitrogen and oxygen atoms in total. The van der Waals surface area contributed by atoms with E-state index in [0.717, 1.165) is 0 Å². The molecule has 3 rings (SSSR count). The number of para-hydroxylation sites is 1. The summed E-state index contributed by atoms with van der Waals surface area (Å²) in [6, 6.07) is 10.8. The van der Waals surface area contributed by atoms with Crippen LogP contribution < -0.4 is 14.8 Å². The number of carbonyl (C=O) groups excluding carboxylic acids is 1. The summed E-state index contributed by atoms with van der Waals surface area (Å²) >= 11 is 0. The van der Waals surface area contributed by atoms with Crippen molar-refractivity contribution in [3.63, 3.8) is 0 Å². The predicted molar refractivity (Wildman–Crippen MR) is 105 cm³/mol. The quantitative estimate of drug-likeness (QED) is 0.623. The van der Waals surface area contributed by atoms with Crippen LogP contribution in [0.15, 0.2) is 51.8 Å². The van der Waals surface area contributed by atoms with Gasteiger partial charge >= 0.3 is 6.01 Å². The highest BCUT2D eigenvalue weighted by Gasteiger charge is 2.19. The Labute approximate surface area is 167 Å². The molecule has 1 amide bonds. The van der Waals surface area contributed by atoms with Gasteiger partial charge in [-0.25, -0.2) is 8.42 Å². The number of aromatic nitrogens is 2. The molecule has 1 N–H and O–H groups in total. The second kappa shape index (κ2) is 8.31. The molecule has 2 aromatic carbocycles. The summed E-state index contributed by atoms with van der Waals surface area (Å²) in [5.41, 5.74) is 0.757. The van der Waals surface area contributed by atoms with Crippen LogP contribution in [0.4, 0.5) is 6.01 Å². The Morgan fingerprint density at radius 1 is 1.07 bits per heavy atom. The zero-order valence-corrected chi connectivity index (χ0v) is 16.8. The Bertz CT molecular complexity index is 1120. The van der Waals surface area contributed by atoms with Crippen LogP contribution in [0, 0.1) is 0 Å². The number of methoxy groups -OCH3 is 2. The molecule has 1 heterocycles. The largest absolute Gasteiger partial charge is 0.493 e. The number of rotatable bonds is 7. The number of carbonyl (C=O) groups is 1. The summed E-state index contributed by atoms with van der Waals surface area (Å²) in [5.74, 6) is 0.323. The summed E-state index contributed by atoms with van der Waals surface area (Å²) in [6.45, 7) is 1.58. The third kappa shape index (κ3) is 4.21. The summed E-state index contributed by atoms with van der Waals surface area (Å²) in [7, 11) is -0.391. The number of amides is 1. The van der Waals surface area contributed by atoms with Crippen LogP contribution in [0.25, 0.3) is 11.5 Å². The van der Waals surface area contributed by atoms with Crippen molar-refractivity contribution in [2.45, 2.75) is 11.8 Å². The van der Waals surface area contributed by atoms with E-state index in [9.17, 15) is 13.2 Å². The molecule has 0 bridgehead atoms. The molecule has 1 aromatic heterocycles. The first-order chi connectivity index (χ1) is 13.9. The molecule has 10 heteroatoms. The Balaban J connectivity index is 1.80. The first-order valence-corrected chi connectivity index (χ1v) is 10.2. The lowest BCUT2D eigenvalue weighted by molar-refractivity contribution is 0.102. The Morgan fingerprint density at radius 3 is 2.41 bits per heavy atom. The van der Waals surface area contributed by atoms with Crippen LogP contribution in [0.2, 0.25) is 0 Å². The van der Waals surface area contributed by atoms with Crippen LogP contribution in [0.3, 0.4) is 0 Å². The molecule has 152 valence electrons. The fraction of sp³-hybridized carbons (Fsp3) is 0.211. The standard InChI is InChI=1S/C19H19N3O6S/c1-4-29(24,25)13-10-8-12(9-11-13)18-21-22-19(28-18)20-17(23)14-6-5-7-15(26-2)16(14)27-3/h5-11H,4H2,1-3H3,(H,20,22,23). The van der Waals surface area contributed by atoms with Gasteiger partial charge in [0.15, 0.2) is 21.3 Å². The summed E-state index contributed by atoms with van der Waals surface area (Å²) in [6.07, 6.45) is 0. The maximum absolute atomic E-state index is 12.6. The molecule has 3 aromatic rings. The maximum atomic E-state index is 12.6. The van der Waals surface area contributed by atoms with Gasteiger partial charge in [-0.05, 0) is 36.4 Å². The van der Waals surface area contributed by atoms with E-state index in [1.165, 1.54) is 26.4 Å². The average molecular weight is 417 g/mol. The first-order valence-electron chi connectivity index (χ1n) is 8.58. The molecule has 0 aliphatic rings. The van der Waals surface area contributed by atoms with Gasteiger partial charge in [-0.15, -0.1) is 5.10 Å². The third-order valence-corrected chi connectivity index (χ3v) is 5.88. The second-order valence-corrected chi connectivity index (χ2v) is 8.11. The van der Waals surface area contributed by atoms with Crippen molar-refractivity contribution in [3.05, 3.63) is 48.0 Å². The van der Waals surface area contributed by atoms with E-state index in [4.69, 9.17) is 13.9 Å². The number of nitrogens with zero attached hydrogens (tertiary/aromatic N) is 2. The molecule has 0 saturated heterocycles. The van der Waals surface area contributed by atoms with Gasteiger partial charge in [0.2, 0.25) is 5.89 Å². The highest BCUT2D eigenvalue weighted by atomic mass is 32.2. The van der Waals surface area contributed by atoms with Crippen molar-refractivity contribution in [1.82, 2.24) is 10.2 Å². The third-order valence-electron chi connectivity index (χ3n) is 4.13. The molecular weight excluding hydrogens is 398 g/mol. The molecule has 0 radical (unpaired) electrons. The Hall–Kier alpha value is -3.40. The van der Waals surface area contributed by atoms with Crippen LogP contribution in [-0.2, 0) is 9.84 Å². The predicted octanol–water partition coefficient (Wildman–Crippen LogP) is 2.80. The van der Waals surface area contributed by atoms with Crippen molar-refractivity contribution < 1.29 is 27.1 Å². The summed E-state index contributed by atoms with van der Waals surface area (Å²) in [4.78, 5) is 12.8. The molecule has 0 atom stereocenters. The van der Waals surface area contributed by atoms with Crippen molar-refractivity contribution in [2.75, 3.05) is 25.3 Å². The molecule has 0 aliphatic heterocycles. The molecular formula is C19H19N3O6S.